The molecule has 0 aliphatic rings. The first-order chi connectivity index (χ1) is 9.99. The number of hydrogen-bond acceptors (Lipinski definition) is 4. The van der Waals surface area contributed by atoms with Crippen molar-refractivity contribution < 1.29 is 5.11 Å². The maximum Gasteiger partial charge on any atom is 0.0969 e. The zero-order chi connectivity index (χ0) is 15.4. The molecular formula is C16H24N4O. The van der Waals surface area contributed by atoms with Gasteiger partial charge in [-0.05, 0) is 49.9 Å². The van der Waals surface area contributed by atoms with Gasteiger partial charge in [0.1, 0.15) is 0 Å². The highest BCUT2D eigenvalue weighted by atomic mass is 16.3. The van der Waals surface area contributed by atoms with Gasteiger partial charge in [0.15, 0.2) is 0 Å². The summed E-state index contributed by atoms with van der Waals surface area (Å²) in [5.74, 6) is 0.222. The lowest BCUT2D eigenvalue weighted by molar-refractivity contribution is 0.206. The number of aliphatic hydroxyl groups is 1. The van der Waals surface area contributed by atoms with Crippen molar-refractivity contribution >= 4 is 0 Å². The molecule has 0 spiro atoms. The Bertz CT molecular complexity index is 573. The Morgan fingerprint density at radius 2 is 1.86 bits per heavy atom. The van der Waals surface area contributed by atoms with E-state index in [1.165, 1.54) is 11.1 Å². The van der Waals surface area contributed by atoms with E-state index in [1.807, 2.05) is 6.92 Å². The minimum absolute atomic E-state index is 0.184. The maximum atomic E-state index is 9.14. The first kappa shape index (κ1) is 15.7. The standard InChI is InChI=1S/C16H24N4O/c1-11-5-12(2)7-16(6-11)20-18-9-15(19-20)8-17-14(4)13(3)10-21/h5-7,9,13-14,17,21H,8,10H2,1-4H3. The van der Waals surface area contributed by atoms with E-state index < -0.39 is 0 Å². The molecule has 0 amide bonds. The van der Waals surface area contributed by atoms with Crippen molar-refractivity contribution in [3.05, 3.63) is 41.2 Å². The van der Waals surface area contributed by atoms with Crippen LogP contribution in [0.1, 0.15) is 30.7 Å². The van der Waals surface area contributed by atoms with Crippen LogP contribution in [0.15, 0.2) is 24.4 Å². The van der Waals surface area contributed by atoms with Crippen LogP contribution in [0.2, 0.25) is 0 Å². The first-order valence-corrected chi connectivity index (χ1v) is 7.33. The number of nitrogens with zero attached hydrogens (tertiary/aromatic N) is 3. The molecule has 0 aliphatic heterocycles. The zero-order valence-corrected chi connectivity index (χ0v) is 13.2. The summed E-state index contributed by atoms with van der Waals surface area (Å²) in [5, 5.41) is 21.3. The van der Waals surface area contributed by atoms with Crippen LogP contribution < -0.4 is 5.32 Å². The Morgan fingerprint density at radius 1 is 1.19 bits per heavy atom. The highest BCUT2D eigenvalue weighted by Crippen LogP contribution is 2.12. The van der Waals surface area contributed by atoms with Crippen molar-refractivity contribution in [3.8, 4) is 5.69 Å². The number of aliphatic hydroxyl groups excluding tert-OH is 1. The summed E-state index contributed by atoms with van der Waals surface area (Å²) in [5.41, 5.74) is 4.28. The zero-order valence-electron chi connectivity index (χ0n) is 13.2. The van der Waals surface area contributed by atoms with Gasteiger partial charge in [-0.25, -0.2) is 0 Å². The number of nitrogens with one attached hydrogen (secondary N) is 1. The molecule has 2 atom stereocenters. The number of benzene rings is 1. The summed E-state index contributed by atoms with van der Waals surface area (Å²) in [6.45, 7) is 9.06. The van der Waals surface area contributed by atoms with E-state index in [1.54, 1.807) is 11.0 Å². The third-order valence-electron chi connectivity index (χ3n) is 3.72. The second-order valence-corrected chi connectivity index (χ2v) is 5.80. The Balaban J connectivity index is 2.04. The minimum Gasteiger partial charge on any atom is -0.396 e. The summed E-state index contributed by atoms with van der Waals surface area (Å²) in [7, 11) is 0. The first-order valence-electron chi connectivity index (χ1n) is 7.33. The van der Waals surface area contributed by atoms with Gasteiger partial charge < -0.3 is 10.4 Å². The van der Waals surface area contributed by atoms with E-state index in [2.05, 4.69) is 54.5 Å². The Labute approximate surface area is 126 Å². The summed E-state index contributed by atoms with van der Waals surface area (Å²) < 4.78 is 0. The van der Waals surface area contributed by atoms with Crippen LogP contribution in [-0.4, -0.2) is 32.7 Å². The Hall–Kier alpha value is -1.72. The van der Waals surface area contributed by atoms with Crippen molar-refractivity contribution in [2.45, 2.75) is 40.3 Å². The molecule has 0 radical (unpaired) electrons. The van der Waals surface area contributed by atoms with Gasteiger partial charge in [0.2, 0.25) is 0 Å². The lowest BCUT2D eigenvalue weighted by atomic mass is 10.1. The largest absolute Gasteiger partial charge is 0.396 e. The van der Waals surface area contributed by atoms with Crippen LogP contribution in [0.5, 0.6) is 0 Å². The summed E-state index contributed by atoms with van der Waals surface area (Å²) in [6, 6.07) is 6.51. The highest BCUT2D eigenvalue weighted by molar-refractivity contribution is 5.37. The van der Waals surface area contributed by atoms with Crippen LogP contribution in [0.3, 0.4) is 0 Å². The van der Waals surface area contributed by atoms with Gasteiger partial charge in [0.25, 0.3) is 0 Å². The summed E-state index contributed by atoms with van der Waals surface area (Å²) in [4.78, 5) is 1.66. The van der Waals surface area contributed by atoms with Gasteiger partial charge in [-0.1, -0.05) is 13.0 Å². The lowest BCUT2D eigenvalue weighted by Gasteiger charge is -2.18. The van der Waals surface area contributed by atoms with Crippen LogP contribution in [0.4, 0.5) is 0 Å². The molecular weight excluding hydrogens is 264 g/mol. The fraction of sp³-hybridized carbons (Fsp3) is 0.500. The molecule has 0 saturated carbocycles. The van der Waals surface area contributed by atoms with Crippen molar-refractivity contribution in [1.29, 1.82) is 0 Å². The van der Waals surface area contributed by atoms with E-state index >= 15 is 0 Å². The van der Waals surface area contributed by atoms with Crippen molar-refractivity contribution in [3.63, 3.8) is 0 Å². The maximum absolute atomic E-state index is 9.14. The molecule has 1 aromatic heterocycles. The third kappa shape index (κ3) is 4.12. The molecule has 0 bridgehead atoms. The predicted octanol–water partition coefficient (Wildman–Crippen LogP) is 1.99. The van der Waals surface area contributed by atoms with Gasteiger partial charge in [0, 0.05) is 19.2 Å². The molecule has 1 heterocycles. The van der Waals surface area contributed by atoms with Gasteiger partial charge >= 0.3 is 0 Å². The van der Waals surface area contributed by atoms with E-state index in [9.17, 15) is 0 Å². The molecule has 2 unspecified atom stereocenters. The third-order valence-corrected chi connectivity index (χ3v) is 3.72. The molecule has 0 aliphatic carbocycles. The SMILES string of the molecule is Cc1cc(C)cc(-n2ncc(CNC(C)C(C)CO)n2)c1. The average Bonchev–Trinajstić information content (AvgIpc) is 2.91. The number of rotatable bonds is 6. The molecule has 2 rings (SSSR count). The average molecular weight is 288 g/mol. The van der Waals surface area contributed by atoms with Crippen LogP contribution >= 0.6 is 0 Å². The van der Waals surface area contributed by atoms with E-state index in [0.717, 1.165) is 11.4 Å². The van der Waals surface area contributed by atoms with E-state index in [0.29, 0.717) is 6.54 Å². The predicted molar refractivity (Wildman–Crippen MR) is 83.4 cm³/mol. The quantitative estimate of drug-likeness (QED) is 0.853. The minimum atomic E-state index is 0.184. The molecule has 5 nitrogen and oxygen atoms in total. The molecule has 2 N–H and O–H groups in total. The van der Waals surface area contributed by atoms with Gasteiger partial charge in [-0.15, -0.1) is 0 Å². The molecule has 0 fully saturated rings. The van der Waals surface area contributed by atoms with Crippen molar-refractivity contribution in [1.82, 2.24) is 20.3 Å². The molecule has 1 aromatic carbocycles. The molecule has 0 saturated heterocycles. The second-order valence-electron chi connectivity index (χ2n) is 5.80. The summed E-state index contributed by atoms with van der Waals surface area (Å²) in [6.07, 6.45) is 1.78. The monoisotopic (exact) mass is 288 g/mol. The lowest BCUT2D eigenvalue weighted by Crippen LogP contribution is -2.33. The fourth-order valence-corrected chi connectivity index (χ4v) is 2.19. The normalized spacial score (nSPS) is 14.1. The smallest absolute Gasteiger partial charge is 0.0969 e. The van der Waals surface area contributed by atoms with Gasteiger partial charge in [0.05, 0.1) is 17.6 Å². The molecule has 2 aromatic rings. The molecule has 5 heteroatoms. The van der Waals surface area contributed by atoms with Gasteiger partial charge in [-0.3, -0.25) is 0 Å². The number of aromatic nitrogens is 3. The number of hydrogen-bond donors (Lipinski definition) is 2. The second kappa shape index (κ2) is 6.83. The van der Waals surface area contributed by atoms with Gasteiger partial charge in [-0.2, -0.15) is 15.0 Å². The fourth-order valence-electron chi connectivity index (χ4n) is 2.19. The van der Waals surface area contributed by atoms with Crippen LogP contribution in [0.25, 0.3) is 5.69 Å². The highest BCUT2D eigenvalue weighted by Gasteiger charge is 2.11. The van der Waals surface area contributed by atoms with E-state index in [4.69, 9.17) is 5.11 Å². The van der Waals surface area contributed by atoms with Crippen LogP contribution in [0, 0.1) is 19.8 Å². The van der Waals surface area contributed by atoms with Crippen molar-refractivity contribution in [2.75, 3.05) is 6.61 Å². The topological polar surface area (TPSA) is 63.0 Å². The van der Waals surface area contributed by atoms with Crippen LogP contribution in [-0.2, 0) is 6.54 Å². The Kier molecular flexibility index (Phi) is 5.09. The van der Waals surface area contributed by atoms with E-state index in [-0.39, 0.29) is 18.6 Å². The Morgan fingerprint density at radius 3 is 2.48 bits per heavy atom. The number of aryl methyl sites for hydroxylation is 2. The summed E-state index contributed by atoms with van der Waals surface area (Å²) >= 11 is 0. The molecule has 114 valence electrons. The van der Waals surface area contributed by atoms with Crippen molar-refractivity contribution in [2.24, 2.45) is 5.92 Å². The molecule has 21 heavy (non-hydrogen) atoms.